The molecule has 0 aliphatic heterocycles. The highest BCUT2D eigenvalue weighted by Crippen LogP contribution is 2.12. The second-order valence-corrected chi connectivity index (χ2v) is 18.1. The van der Waals surface area contributed by atoms with Crippen LogP contribution in [0.15, 0.2) is 122 Å². The van der Waals surface area contributed by atoms with Crippen LogP contribution in [0.4, 0.5) is 0 Å². The molecular weight excluding hydrogens is 853 g/mol. The van der Waals surface area contributed by atoms with Crippen LogP contribution < -0.4 is 0 Å². The molecule has 390 valence electrons. The predicted octanol–water partition coefficient (Wildman–Crippen LogP) is 18.9. The van der Waals surface area contributed by atoms with Gasteiger partial charge >= 0.3 is 17.9 Å². The second-order valence-electron chi connectivity index (χ2n) is 18.1. The van der Waals surface area contributed by atoms with Gasteiger partial charge in [0.25, 0.3) is 0 Å². The Morgan fingerprint density at radius 1 is 0.290 bits per heavy atom. The lowest BCUT2D eigenvalue weighted by Crippen LogP contribution is -2.30. The summed E-state index contributed by atoms with van der Waals surface area (Å²) in [6.07, 6.45) is 77.5. The molecular formula is C63H102O6. The molecule has 0 rings (SSSR count). The van der Waals surface area contributed by atoms with Crippen LogP contribution >= 0.6 is 0 Å². The standard InChI is InChI=1S/C63H102O6/c1-4-7-10-13-16-19-22-25-28-30-31-33-35-38-41-44-47-50-53-56-62(65)68-59-60(58-67-61(64)55-52-49-46-43-40-37-34-27-24-21-18-15-12-9-6-3)69-63(66)57-54-51-48-45-42-39-36-32-29-26-23-20-17-14-11-8-5-2/h16-21,25-29,31,33-34,36,38-39,41,45,48,60H,4-15,22-24,30,32,35,37,40,42-44,46-47,49-59H2,1-3H3/b19-16-,20-17-,21-18-,28-25-,29-26-,33-31-,34-27-,39-36-,41-38-,48-45-/t60-/m1/s1. The molecule has 6 heteroatoms. The lowest BCUT2D eigenvalue weighted by atomic mass is 10.1. The molecule has 0 N–H and O–H groups in total. The first-order valence-corrected chi connectivity index (χ1v) is 28.0. The molecule has 0 heterocycles. The minimum Gasteiger partial charge on any atom is -0.462 e. The van der Waals surface area contributed by atoms with Gasteiger partial charge in [0, 0.05) is 19.3 Å². The quantitative estimate of drug-likeness (QED) is 0.0262. The number of allylic oxidation sites excluding steroid dienone is 20. The smallest absolute Gasteiger partial charge is 0.306 e. The molecule has 0 aromatic carbocycles. The zero-order chi connectivity index (χ0) is 50.0. The average Bonchev–Trinajstić information content (AvgIpc) is 3.35. The van der Waals surface area contributed by atoms with Gasteiger partial charge in [0.15, 0.2) is 6.10 Å². The SMILES string of the molecule is CCCCC/C=C\C/C=C\C/C=C\C/C=C\CCCCCC(=O)OC[C@@H](COC(=O)CCCCCCC/C=C\C/C=C\CCCCC)OC(=O)CCC/C=C\C/C=C\C/C=C\C/C=C\CCCCC. The number of carbonyl (C=O) groups excluding carboxylic acids is 3. The Morgan fingerprint density at radius 3 is 0.870 bits per heavy atom. The fourth-order valence-electron chi connectivity index (χ4n) is 7.15. The van der Waals surface area contributed by atoms with Crippen LogP contribution in [0.5, 0.6) is 0 Å². The molecule has 69 heavy (non-hydrogen) atoms. The van der Waals surface area contributed by atoms with Crippen molar-refractivity contribution in [2.45, 2.75) is 245 Å². The van der Waals surface area contributed by atoms with Gasteiger partial charge in [0.2, 0.25) is 0 Å². The molecule has 0 aliphatic carbocycles. The maximum atomic E-state index is 12.8. The van der Waals surface area contributed by atoms with Gasteiger partial charge in [-0.05, 0) is 135 Å². The molecule has 0 bridgehead atoms. The number of ether oxygens (including phenoxy) is 3. The minimum absolute atomic E-state index is 0.121. The Morgan fingerprint density at radius 2 is 0.536 bits per heavy atom. The van der Waals surface area contributed by atoms with Gasteiger partial charge in [-0.1, -0.05) is 206 Å². The lowest BCUT2D eigenvalue weighted by molar-refractivity contribution is -0.167. The summed E-state index contributed by atoms with van der Waals surface area (Å²) in [5.74, 6) is -1.03. The maximum Gasteiger partial charge on any atom is 0.306 e. The van der Waals surface area contributed by atoms with E-state index >= 15 is 0 Å². The summed E-state index contributed by atoms with van der Waals surface area (Å²) in [5, 5.41) is 0. The summed E-state index contributed by atoms with van der Waals surface area (Å²) in [6.45, 7) is 6.46. The van der Waals surface area contributed by atoms with Gasteiger partial charge in [-0.15, -0.1) is 0 Å². The normalized spacial score (nSPS) is 13.0. The van der Waals surface area contributed by atoms with Crippen molar-refractivity contribution in [2.24, 2.45) is 0 Å². The Kier molecular flexibility index (Phi) is 53.0. The van der Waals surface area contributed by atoms with Crippen LogP contribution in [0.1, 0.15) is 239 Å². The highest BCUT2D eigenvalue weighted by Gasteiger charge is 2.19. The van der Waals surface area contributed by atoms with E-state index < -0.39 is 6.10 Å². The Balaban J connectivity index is 4.58. The highest BCUT2D eigenvalue weighted by molar-refractivity contribution is 5.71. The first-order valence-electron chi connectivity index (χ1n) is 28.0. The van der Waals surface area contributed by atoms with Gasteiger partial charge in [-0.3, -0.25) is 14.4 Å². The van der Waals surface area contributed by atoms with Crippen molar-refractivity contribution in [1.82, 2.24) is 0 Å². The summed E-state index contributed by atoms with van der Waals surface area (Å²) in [6, 6.07) is 0. The summed E-state index contributed by atoms with van der Waals surface area (Å²) in [4.78, 5) is 38.1. The van der Waals surface area contributed by atoms with Crippen LogP contribution in [0.25, 0.3) is 0 Å². The fraction of sp³-hybridized carbons (Fsp3) is 0.635. The van der Waals surface area contributed by atoms with Crippen molar-refractivity contribution in [3.05, 3.63) is 122 Å². The molecule has 6 nitrogen and oxygen atoms in total. The number of unbranched alkanes of at least 4 members (excludes halogenated alkanes) is 18. The van der Waals surface area contributed by atoms with E-state index in [9.17, 15) is 14.4 Å². The van der Waals surface area contributed by atoms with Crippen molar-refractivity contribution in [2.75, 3.05) is 13.2 Å². The second kappa shape index (κ2) is 56.4. The molecule has 0 aromatic rings. The third kappa shape index (κ3) is 54.6. The van der Waals surface area contributed by atoms with Crippen LogP contribution in [-0.4, -0.2) is 37.2 Å². The molecule has 1 atom stereocenters. The topological polar surface area (TPSA) is 78.9 Å². The van der Waals surface area contributed by atoms with Gasteiger partial charge in [0.1, 0.15) is 13.2 Å². The number of rotatable bonds is 49. The maximum absolute atomic E-state index is 12.8. The monoisotopic (exact) mass is 955 g/mol. The third-order valence-corrected chi connectivity index (χ3v) is 11.4. The van der Waals surface area contributed by atoms with Crippen molar-refractivity contribution in [3.63, 3.8) is 0 Å². The average molecular weight is 956 g/mol. The predicted molar refractivity (Wildman–Crippen MR) is 297 cm³/mol. The van der Waals surface area contributed by atoms with E-state index in [0.717, 1.165) is 116 Å². The van der Waals surface area contributed by atoms with Crippen LogP contribution in [0, 0.1) is 0 Å². The molecule has 0 saturated carbocycles. The van der Waals surface area contributed by atoms with Crippen molar-refractivity contribution in [1.29, 1.82) is 0 Å². The molecule has 0 fully saturated rings. The Labute approximate surface area is 424 Å². The van der Waals surface area contributed by atoms with Crippen molar-refractivity contribution >= 4 is 17.9 Å². The summed E-state index contributed by atoms with van der Waals surface area (Å²) in [7, 11) is 0. The number of esters is 3. The summed E-state index contributed by atoms with van der Waals surface area (Å²) < 4.78 is 16.8. The first kappa shape index (κ1) is 64.8. The summed E-state index contributed by atoms with van der Waals surface area (Å²) >= 11 is 0. The Hall–Kier alpha value is -4.19. The molecule has 0 spiro atoms. The van der Waals surface area contributed by atoms with E-state index in [-0.39, 0.29) is 37.5 Å². The van der Waals surface area contributed by atoms with Crippen molar-refractivity contribution < 1.29 is 28.6 Å². The van der Waals surface area contributed by atoms with Gasteiger partial charge in [-0.2, -0.15) is 0 Å². The molecule has 0 unspecified atom stereocenters. The first-order chi connectivity index (χ1) is 34.0. The number of hydrogen-bond acceptors (Lipinski definition) is 6. The van der Waals surface area contributed by atoms with E-state index in [1.54, 1.807) is 0 Å². The van der Waals surface area contributed by atoms with E-state index in [2.05, 4.69) is 142 Å². The minimum atomic E-state index is -0.830. The van der Waals surface area contributed by atoms with E-state index in [0.29, 0.717) is 19.3 Å². The van der Waals surface area contributed by atoms with E-state index in [1.807, 2.05) is 0 Å². The van der Waals surface area contributed by atoms with Gasteiger partial charge in [0.05, 0.1) is 0 Å². The Bertz CT molecular complexity index is 1470. The molecule has 0 aliphatic rings. The fourth-order valence-corrected chi connectivity index (χ4v) is 7.15. The molecule has 0 amide bonds. The van der Waals surface area contributed by atoms with Gasteiger partial charge < -0.3 is 14.2 Å². The molecule has 0 saturated heterocycles. The lowest BCUT2D eigenvalue weighted by Gasteiger charge is -2.18. The zero-order valence-electron chi connectivity index (χ0n) is 44.5. The van der Waals surface area contributed by atoms with Crippen LogP contribution in [0.3, 0.4) is 0 Å². The number of hydrogen-bond donors (Lipinski definition) is 0. The summed E-state index contributed by atoms with van der Waals surface area (Å²) in [5.41, 5.74) is 0. The molecule has 0 radical (unpaired) electrons. The number of carbonyl (C=O) groups is 3. The van der Waals surface area contributed by atoms with E-state index in [1.165, 1.54) is 77.0 Å². The van der Waals surface area contributed by atoms with Crippen LogP contribution in [-0.2, 0) is 28.6 Å². The molecule has 0 aromatic heterocycles. The van der Waals surface area contributed by atoms with Gasteiger partial charge in [-0.25, -0.2) is 0 Å². The largest absolute Gasteiger partial charge is 0.462 e. The van der Waals surface area contributed by atoms with Crippen molar-refractivity contribution in [3.8, 4) is 0 Å². The van der Waals surface area contributed by atoms with Crippen LogP contribution in [0.2, 0.25) is 0 Å². The zero-order valence-corrected chi connectivity index (χ0v) is 44.5. The third-order valence-electron chi connectivity index (χ3n) is 11.4. The highest BCUT2D eigenvalue weighted by atomic mass is 16.6. The van der Waals surface area contributed by atoms with E-state index in [4.69, 9.17) is 14.2 Å².